The van der Waals surface area contributed by atoms with Crippen LogP contribution in [0.1, 0.15) is 58.0 Å². The number of carbonyl (C=O) groups is 1. The molecule has 0 radical (unpaired) electrons. The summed E-state index contributed by atoms with van der Waals surface area (Å²) in [5, 5.41) is 14.2. The predicted octanol–water partition coefficient (Wildman–Crippen LogP) is 9.29. The highest BCUT2D eigenvalue weighted by Crippen LogP contribution is 2.49. The van der Waals surface area contributed by atoms with Crippen LogP contribution in [0.25, 0.3) is 32.0 Å². The number of hydrogen-bond donors (Lipinski definition) is 1. The van der Waals surface area contributed by atoms with E-state index in [0.717, 1.165) is 69.0 Å². The lowest BCUT2D eigenvalue weighted by Gasteiger charge is -2.19. The minimum absolute atomic E-state index is 0.155. The molecule has 3 aromatic carbocycles. The molecule has 0 spiro atoms. The Morgan fingerprint density at radius 2 is 1.78 bits per heavy atom. The third-order valence-corrected chi connectivity index (χ3v) is 12.9. The minimum Gasteiger partial charge on any atom is -0.493 e. The smallest absolute Gasteiger partial charge is 0.352 e. The van der Waals surface area contributed by atoms with Crippen LogP contribution in [0.15, 0.2) is 56.5 Å². The Bertz CT molecular complexity index is 1950. The van der Waals surface area contributed by atoms with Gasteiger partial charge in [0.15, 0.2) is 5.75 Å². The van der Waals surface area contributed by atoms with Crippen molar-refractivity contribution >= 4 is 75.5 Å². The lowest BCUT2D eigenvalue weighted by molar-refractivity contribution is 0.0693. The van der Waals surface area contributed by atoms with Gasteiger partial charge in [-0.1, -0.05) is 43.2 Å². The molecule has 5 aromatic rings. The van der Waals surface area contributed by atoms with Crippen LogP contribution >= 0.6 is 38.6 Å². The maximum Gasteiger partial charge on any atom is 0.352 e. The highest BCUT2D eigenvalue weighted by atomic mass is 79.9. The van der Waals surface area contributed by atoms with Crippen molar-refractivity contribution in [3.05, 3.63) is 73.9 Å². The number of carboxylic acids is 1. The number of hydrogen-bond acceptors (Lipinski definition) is 7. The van der Waals surface area contributed by atoms with Crippen LogP contribution in [0.3, 0.4) is 0 Å². The first kappa shape index (κ1) is 28.2. The van der Waals surface area contributed by atoms with Gasteiger partial charge in [-0.3, -0.25) is 0 Å². The molecule has 10 heteroatoms. The number of benzene rings is 3. The van der Waals surface area contributed by atoms with Crippen molar-refractivity contribution in [2.24, 2.45) is 0 Å². The molecule has 6 nitrogen and oxygen atoms in total. The summed E-state index contributed by atoms with van der Waals surface area (Å²) in [6.45, 7) is 4.29. The molecule has 0 unspecified atom stereocenters. The highest BCUT2D eigenvalue weighted by Gasteiger charge is 2.31. The number of fused-ring (bicyclic) bond motifs is 2. The first-order valence-corrected chi connectivity index (χ1v) is 17.1. The third kappa shape index (κ3) is 4.74. The maximum absolute atomic E-state index is 13.5. The standard InChI is InChI=1S/C31H27BrO6S3/c1-16-17(2)40-29-25(16)26(20-10-6-7-11-21(20)27(29)32)19-12-13-24(22(14-19)18-8-4-5-9-18)38-41(35,36)31-28(37-3)23(15-39-31)30(33)34/h6-7,10-15,18H,4-5,8-9H2,1-3H3,(H,33,34). The van der Waals surface area contributed by atoms with Crippen LogP contribution in [0.4, 0.5) is 0 Å². The van der Waals surface area contributed by atoms with Gasteiger partial charge in [0.1, 0.15) is 11.3 Å². The van der Waals surface area contributed by atoms with E-state index in [0.29, 0.717) is 0 Å². The summed E-state index contributed by atoms with van der Waals surface area (Å²) in [6, 6.07) is 14.1. The fraction of sp³-hybridized carbons (Fsp3) is 0.258. The lowest BCUT2D eigenvalue weighted by atomic mass is 9.89. The van der Waals surface area contributed by atoms with Crippen molar-refractivity contribution in [1.82, 2.24) is 0 Å². The molecular weight excluding hydrogens is 644 g/mol. The van der Waals surface area contributed by atoms with Gasteiger partial charge in [-0.05, 0) is 93.7 Å². The second-order valence-corrected chi connectivity index (χ2v) is 14.9. The van der Waals surface area contributed by atoms with Gasteiger partial charge in [0.2, 0.25) is 4.21 Å². The summed E-state index contributed by atoms with van der Waals surface area (Å²) >= 11 is 6.42. The molecule has 1 aliphatic rings. The molecule has 2 heterocycles. The van der Waals surface area contributed by atoms with E-state index < -0.39 is 16.1 Å². The second kappa shape index (κ2) is 10.7. The van der Waals surface area contributed by atoms with Crippen molar-refractivity contribution in [1.29, 1.82) is 0 Å². The van der Waals surface area contributed by atoms with E-state index in [1.165, 1.54) is 33.0 Å². The Balaban J connectivity index is 1.54. The molecule has 212 valence electrons. The van der Waals surface area contributed by atoms with Crippen LogP contribution < -0.4 is 8.92 Å². The van der Waals surface area contributed by atoms with Gasteiger partial charge >= 0.3 is 16.1 Å². The van der Waals surface area contributed by atoms with Crippen molar-refractivity contribution in [2.45, 2.75) is 49.7 Å². The fourth-order valence-electron chi connectivity index (χ4n) is 5.87. The number of methoxy groups -OCH3 is 1. The zero-order valence-corrected chi connectivity index (χ0v) is 26.7. The quantitative estimate of drug-likeness (QED) is 0.174. The summed E-state index contributed by atoms with van der Waals surface area (Å²) in [4.78, 5) is 12.9. The predicted molar refractivity (Wildman–Crippen MR) is 169 cm³/mol. The average molecular weight is 672 g/mol. The minimum atomic E-state index is -4.35. The second-order valence-electron chi connectivity index (χ2n) is 10.3. The van der Waals surface area contributed by atoms with Crippen molar-refractivity contribution in [2.75, 3.05) is 7.11 Å². The van der Waals surface area contributed by atoms with E-state index in [1.54, 1.807) is 17.4 Å². The first-order chi connectivity index (χ1) is 19.6. The molecule has 0 bridgehead atoms. The first-order valence-electron chi connectivity index (χ1n) is 13.2. The summed E-state index contributed by atoms with van der Waals surface area (Å²) < 4.78 is 40.0. The number of carboxylic acid groups (broad SMARTS) is 1. The number of aromatic carboxylic acids is 1. The number of ether oxygens (including phenoxy) is 1. The van der Waals surface area contributed by atoms with E-state index in [-0.39, 0.29) is 27.2 Å². The molecule has 0 amide bonds. The average Bonchev–Trinajstić information content (AvgIpc) is 3.70. The van der Waals surface area contributed by atoms with Gasteiger partial charge in [-0.2, -0.15) is 8.42 Å². The van der Waals surface area contributed by atoms with Crippen molar-refractivity contribution in [3.63, 3.8) is 0 Å². The molecule has 0 aliphatic heterocycles. The Morgan fingerprint density at radius 1 is 1.07 bits per heavy atom. The topological polar surface area (TPSA) is 89.9 Å². The molecule has 0 atom stereocenters. The monoisotopic (exact) mass is 670 g/mol. The van der Waals surface area contributed by atoms with E-state index in [9.17, 15) is 18.3 Å². The van der Waals surface area contributed by atoms with Gasteiger partial charge < -0.3 is 14.0 Å². The van der Waals surface area contributed by atoms with Crippen LogP contribution in [-0.2, 0) is 10.1 Å². The molecule has 1 saturated carbocycles. The molecule has 0 saturated heterocycles. The van der Waals surface area contributed by atoms with E-state index in [4.69, 9.17) is 8.92 Å². The van der Waals surface area contributed by atoms with Crippen LogP contribution in [0.2, 0.25) is 0 Å². The third-order valence-electron chi connectivity index (χ3n) is 7.94. The largest absolute Gasteiger partial charge is 0.493 e. The van der Waals surface area contributed by atoms with E-state index >= 15 is 0 Å². The van der Waals surface area contributed by atoms with Gasteiger partial charge in [-0.15, -0.1) is 22.7 Å². The Hall–Kier alpha value is -2.92. The summed E-state index contributed by atoms with van der Waals surface area (Å²) in [5.41, 5.74) is 4.00. The summed E-state index contributed by atoms with van der Waals surface area (Å²) in [6.07, 6.45) is 4.02. The molecule has 1 N–H and O–H groups in total. The van der Waals surface area contributed by atoms with Gasteiger partial charge in [-0.25, -0.2) is 4.79 Å². The molecule has 2 aromatic heterocycles. The fourth-order valence-corrected chi connectivity index (χ4v) is 10.1. The van der Waals surface area contributed by atoms with Gasteiger partial charge in [0.05, 0.1) is 11.8 Å². The molecule has 1 aliphatic carbocycles. The Labute approximate surface area is 254 Å². The van der Waals surface area contributed by atoms with Gasteiger partial charge in [0.25, 0.3) is 0 Å². The van der Waals surface area contributed by atoms with Gasteiger partial charge in [0, 0.05) is 20.1 Å². The number of halogens is 1. The number of aryl methyl sites for hydroxylation is 2. The molecule has 41 heavy (non-hydrogen) atoms. The van der Waals surface area contributed by atoms with Crippen molar-refractivity contribution in [3.8, 4) is 22.6 Å². The van der Waals surface area contributed by atoms with E-state index in [2.05, 4.69) is 48.0 Å². The Morgan fingerprint density at radius 3 is 2.46 bits per heavy atom. The van der Waals surface area contributed by atoms with Crippen molar-refractivity contribution < 1.29 is 27.2 Å². The number of rotatable bonds is 7. The van der Waals surface area contributed by atoms with E-state index in [1.807, 2.05) is 18.2 Å². The summed E-state index contributed by atoms with van der Waals surface area (Å²) in [5.74, 6) is -1.05. The van der Waals surface area contributed by atoms with Crippen LogP contribution in [0, 0.1) is 13.8 Å². The molecular formula is C31H27BrO6S3. The maximum atomic E-state index is 13.5. The number of thiophene rings is 2. The summed E-state index contributed by atoms with van der Waals surface area (Å²) in [7, 11) is -3.10. The zero-order valence-electron chi connectivity index (χ0n) is 22.6. The van der Waals surface area contributed by atoms with Crippen LogP contribution in [0.5, 0.6) is 11.5 Å². The zero-order chi connectivity index (χ0) is 29.1. The molecule has 1 fully saturated rings. The normalized spacial score (nSPS) is 14.2. The SMILES string of the molecule is COc1c(C(=O)O)csc1S(=O)(=O)Oc1ccc(-c2c3ccccc3c(Br)c3sc(C)c(C)c23)cc1C1CCCC1. The van der Waals surface area contributed by atoms with Crippen LogP contribution in [-0.4, -0.2) is 26.6 Å². The lowest BCUT2D eigenvalue weighted by Crippen LogP contribution is -2.12. The highest BCUT2D eigenvalue weighted by molar-refractivity contribution is 9.11. The molecule has 6 rings (SSSR count). The Kier molecular flexibility index (Phi) is 7.38.